The summed E-state index contributed by atoms with van der Waals surface area (Å²) in [7, 11) is 0. The highest BCUT2D eigenvalue weighted by molar-refractivity contribution is 6.04. The molecular formula is C21H20N2O2. The number of hydrogen-bond acceptors (Lipinski definition) is 2. The number of hydrogen-bond donors (Lipinski definition) is 1. The minimum Gasteiger partial charge on any atom is -0.322 e. The molecule has 25 heavy (non-hydrogen) atoms. The van der Waals surface area contributed by atoms with Crippen molar-refractivity contribution in [3.05, 3.63) is 99.5 Å². The average molecular weight is 332 g/mol. The number of nitrogens with one attached hydrogen (secondary N) is 1. The normalized spacial score (nSPS) is 10.5. The van der Waals surface area contributed by atoms with E-state index in [4.69, 9.17) is 0 Å². The van der Waals surface area contributed by atoms with Gasteiger partial charge >= 0.3 is 0 Å². The molecule has 1 aromatic heterocycles. The molecule has 4 heteroatoms. The first kappa shape index (κ1) is 16.7. The van der Waals surface area contributed by atoms with Crippen LogP contribution in [0.25, 0.3) is 0 Å². The molecule has 2 aromatic carbocycles. The van der Waals surface area contributed by atoms with Gasteiger partial charge in [0.2, 0.25) is 0 Å². The van der Waals surface area contributed by atoms with Crippen LogP contribution in [0.4, 0.5) is 5.69 Å². The van der Waals surface area contributed by atoms with Crippen LogP contribution in [-0.4, -0.2) is 10.5 Å². The first-order chi connectivity index (χ1) is 12.0. The van der Waals surface area contributed by atoms with Crippen LogP contribution in [0.1, 0.15) is 27.0 Å². The van der Waals surface area contributed by atoms with Gasteiger partial charge < -0.3 is 9.88 Å². The summed E-state index contributed by atoms with van der Waals surface area (Å²) < 4.78 is 1.55. The third kappa shape index (κ3) is 3.86. The highest BCUT2D eigenvalue weighted by Gasteiger charge is 2.13. The van der Waals surface area contributed by atoms with Gasteiger partial charge in [0.1, 0.15) is 5.56 Å². The number of aryl methyl sites for hydroxylation is 2. The molecule has 3 aromatic rings. The van der Waals surface area contributed by atoms with Crippen LogP contribution in [0.2, 0.25) is 0 Å². The lowest BCUT2D eigenvalue weighted by Crippen LogP contribution is -2.29. The minimum absolute atomic E-state index is 0.137. The maximum Gasteiger partial charge on any atom is 0.263 e. The van der Waals surface area contributed by atoms with Crippen LogP contribution in [0, 0.1) is 13.8 Å². The highest BCUT2D eigenvalue weighted by Crippen LogP contribution is 2.16. The van der Waals surface area contributed by atoms with E-state index in [0.717, 1.165) is 16.7 Å². The van der Waals surface area contributed by atoms with Crippen molar-refractivity contribution < 1.29 is 4.79 Å². The van der Waals surface area contributed by atoms with Crippen molar-refractivity contribution in [1.29, 1.82) is 0 Å². The Balaban J connectivity index is 1.86. The van der Waals surface area contributed by atoms with E-state index in [1.807, 2.05) is 62.4 Å². The van der Waals surface area contributed by atoms with Gasteiger partial charge in [-0.15, -0.1) is 0 Å². The van der Waals surface area contributed by atoms with Crippen LogP contribution in [-0.2, 0) is 6.54 Å². The number of nitrogens with zero attached hydrogens (tertiary/aromatic N) is 1. The molecule has 0 saturated heterocycles. The van der Waals surface area contributed by atoms with E-state index in [1.54, 1.807) is 22.9 Å². The Hall–Kier alpha value is -3.14. The van der Waals surface area contributed by atoms with Gasteiger partial charge in [0.15, 0.2) is 0 Å². The van der Waals surface area contributed by atoms with Crippen molar-refractivity contribution in [2.24, 2.45) is 0 Å². The molecular weight excluding hydrogens is 312 g/mol. The summed E-state index contributed by atoms with van der Waals surface area (Å²) in [5.74, 6) is -0.389. The Bertz CT molecular complexity index is 959. The molecule has 0 unspecified atom stereocenters. The van der Waals surface area contributed by atoms with Gasteiger partial charge in [0.25, 0.3) is 11.5 Å². The molecule has 1 amide bonds. The number of anilines is 1. The Kier molecular flexibility index (Phi) is 4.80. The number of amides is 1. The zero-order valence-electron chi connectivity index (χ0n) is 14.3. The highest BCUT2D eigenvalue weighted by atomic mass is 16.2. The van der Waals surface area contributed by atoms with Gasteiger partial charge in [-0.2, -0.15) is 0 Å². The number of rotatable bonds is 4. The van der Waals surface area contributed by atoms with Crippen molar-refractivity contribution in [3.63, 3.8) is 0 Å². The average Bonchev–Trinajstić information content (AvgIpc) is 2.60. The standard InChI is InChI=1S/C21H20N2O2/c1-15-10-11-19(16(2)13-15)22-20(24)18-9-6-12-23(21(18)25)14-17-7-4-3-5-8-17/h3-13H,14H2,1-2H3,(H,22,24). The molecule has 3 rings (SSSR count). The zero-order valence-corrected chi connectivity index (χ0v) is 14.3. The smallest absolute Gasteiger partial charge is 0.263 e. The monoisotopic (exact) mass is 332 g/mol. The SMILES string of the molecule is Cc1ccc(NC(=O)c2cccn(Cc3ccccc3)c2=O)c(C)c1. The minimum atomic E-state index is -0.389. The predicted molar refractivity (Wildman–Crippen MR) is 100 cm³/mol. The molecule has 0 aliphatic carbocycles. The van der Waals surface area contributed by atoms with E-state index in [-0.39, 0.29) is 17.0 Å². The number of pyridine rings is 1. The molecule has 0 radical (unpaired) electrons. The Morgan fingerprint density at radius 1 is 1.00 bits per heavy atom. The number of carbonyl (C=O) groups is 1. The fourth-order valence-corrected chi connectivity index (χ4v) is 2.76. The van der Waals surface area contributed by atoms with E-state index >= 15 is 0 Å². The Morgan fingerprint density at radius 3 is 2.48 bits per heavy atom. The number of benzene rings is 2. The molecule has 0 saturated carbocycles. The van der Waals surface area contributed by atoms with E-state index in [9.17, 15) is 9.59 Å². The topological polar surface area (TPSA) is 51.1 Å². The van der Waals surface area contributed by atoms with Gasteiger partial charge in [-0.05, 0) is 43.2 Å². The first-order valence-electron chi connectivity index (χ1n) is 8.16. The molecule has 0 atom stereocenters. The van der Waals surface area contributed by atoms with Crippen molar-refractivity contribution in [2.45, 2.75) is 20.4 Å². The summed E-state index contributed by atoms with van der Waals surface area (Å²) in [4.78, 5) is 25.2. The summed E-state index contributed by atoms with van der Waals surface area (Å²) in [5.41, 5.74) is 3.66. The second-order valence-electron chi connectivity index (χ2n) is 6.11. The summed E-state index contributed by atoms with van der Waals surface area (Å²) >= 11 is 0. The lowest BCUT2D eigenvalue weighted by atomic mass is 10.1. The molecule has 0 fully saturated rings. The largest absolute Gasteiger partial charge is 0.322 e. The second kappa shape index (κ2) is 7.18. The van der Waals surface area contributed by atoms with Crippen molar-refractivity contribution in [2.75, 3.05) is 5.32 Å². The molecule has 1 N–H and O–H groups in total. The number of aromatic nitrogens is 1. The summed E-state index contributed by atoms with van der Waals surface area (Å²) in [6.45, 7) is 4.36. The zero-order chi connectivity index (χ0) is 17.8. The van der Waals surface area contributed by atoms with Crippen molar-refractivity contribution >= 4 is 11.6 Å². The van der Waals surface area contributed by atoms with Crippen LogP contribution < -0.4 is 10.9 Å². The van der Waals surface area contributed by atoms with Crippen molar-refractivity contribution in [3.8, 4) is 0 Å². The van der Waals surface area contributed by atoms with Crippen molar-refractivity contribution in [1.82, 2.24) is 4.57 Å². The van der Waals surface area contributed by atoms with Crippen LogP contribution >= 0.6 is 0 Å². The lowest BCUT2D eigenvalue weighted by molar-refractivity contribution is 0.102. The first-order valence-corrected chi connectivity index (χ1v) is 8.16. The van der Waals surface area contributed by atoms with E-state index < -0.39 is 0 Å². The van der Waals surface area contributed by atoms with Gasteiger partial charge in [-0.3, -0.25) is 9.59 Å². The molecule has 4 nitrogen and oxygen atoms in total. The lowest BCUT2D eigenvalue weighted by Gasteiger charge is -2.11. The fraction of sp³-hybridized carbons (Fsp3) is 0.143. The molecule has 0 bridgehead atoms. The van der Waals surface area contributed by atoms with E-state index in [2.05, 4.69) is 5.32 Å². The molecule has 1 heterocycles. The molecule has 0 aliphatic heterocycles. The summed E-state index contributed by atoms with van der Waals surface area (Å²) in [6.07, 6.45) is 1.70. The Morgan fingerprint density at radius 2 is 1.76 bits per heavy atom. The molecule has 0 spiro atoms. The molecule has 0 aliphatic rings. The Labute approximate surface area is 146 Å². The maximum absolute atomic E-state index is 12.6. The summed E-state index contributed by atoms with van der Waals surface area (Å²) in [5, 5.41) is 2.83. The van der Waals surface area contributed by atoms with Crippen LogP contribution in [0.5, 0.6) is 0 Å². The van der Waals surface area contributed by atoms with E-state index in [0.29, 0.717) is 12.2 Å². The van der Waals surface area contributed by atoms with Gasteiger partial charge in [-0.1, -0.05) is 48.0 Å². The van der Waals surface area contributed by atoms with E-state index in [1.165, 1.54) is 0 Å². The molecule has 126 valence electrons. The predicted octanol–water partition coefficient (Wildman–Crippen LogP) is 3.77. The third-order valence-corrected chi connectivity index (χ3v) is 4.09. The van der Waals surface area contributed by atoms with Crippen LogP contribution in [0.3, 0.4) is 0 Å². The van der Waals surface area contributed by atoms with Gasteiger partial charge in [0, 0.05) is 11.9 Å². The fourth-order valence-electron chi connectivity index (χ4n) is 2.76. The second-order valence-corrected chi connectivity index (χ2v) is 6.11. The van der Waals surface area contributed by atoms with Gasteiger partial charge in [-0.25, -0.2) is 0 Å². The number of carbonyl (C=O) groups excluding carboxylic acids is 1. The van der Waals surface area contributed by atoms with Gasteiger partial charge in [0.05, 0.1) is 6.54 Å². The summed E-state index contributed by atoms with van der Waals surface area (Å²) in [6, 6.07) is 18.8. The quantitative estimate of drug-likeness (QED) is 0.791. The third-order valence-electron chi connectivity index (χ3n) is 4.09. The maximum atomic E-state index is 12.6. The van der Waals surface area contributed by atoms with Crippen LogP contribution in [0.15, 0.2) is 71.7 Å².